The first-order valence-electron chi connectivity index (χ1n) is 8.25. The zero-order valence-electron chi connectivity index (χ0n) is 13.6. The first-order chi connectivity index (χ1) is 11.4. The van der Waals surface area contributed by atoms with E-state index in [1.807, 2.05) is 0 Å². The highest BCUT2D eigenvalue weighted by Crippen LogP contribution is 2.27. The van der Waals surface area contributed by atoms with Crippen molar-refractivity contribution in [3.63, 3.8) is 0 Å². The Morgan fingerprint density at radius 2 is 2.04 bits per heavy atom. The van der Waals surface area contributed by atoms with E-state index in [9.17, 15) is 12.8 Å². The summed E-state index contributed by atoms with van der Waals surface area (Å²) in [6, 6.07) is 4.92. The van der Waals surface area contributed by atoms with Crippen LogP contribution >= 0.6 is 0 Å². The molecule has 1 aliphatic carbocycles. The highest BCUT2D eigenvalue weighted by Gasteiger charge is 2.23. The fraction of sp³-hybridized carbons (Fsp3) is 0.562. The maximum Gasteiger partial charge on any atom is 0.295 e. The van der Waals surface area contributed by atoms with E-state index >= 15 is 0 Å². The molecule has 1 heterocycles. The Morgan fingerprint density at radius 1 is 1.29 bits per heavy atom. The van der Waals surface area contributed by atoms with Crippen molar-refractivity contribution in [1.82, 2.24) is 9.71 Å². The van der Waals surface area contributed by atoms with Gasteiger partial charge in [0.2, 0.25) is 10.0 Å². The van der Waals surface area contributed by atoms with E-state index in [2.05, 4.69) is 15.0 Å². The molecule has 0 saturated heterocycles. The van der Waals surface area contributed by atoms with E-state index in [1.165, 1.54) is 12.1 Å². The summed E-state index contributed by atoms with van der Waals surface area (Å²) in [5, 5.41) is 3.25. The zero-order chi connectivity index (χ0) is 17.2. The Hall–Kier alpha value is -1.67. The number of rotatable bonds is 6. The first-order valence-corrected chi connectivity index (χ1v) is 9.90. The van der Waals surface area contributed by atoms with Gasteiger partial charge in [0, 0.05) is 18.7 Å². The lowest BCUT2D eigenvalue weighted by Gasteiger charge is -2.28. The van der Waals surface area contributed by atoms with Crippen LogP contribution in [0.3, 0.4) is 0 Å². The number of anilines is 1. The number of benzene rings is 1. The van der Waals surface area contributed by atoms with Crippen LogP contribution < -0.4 is 10.0 Å². The van der Waals surface area contributed by atoms with Crippen LogP contribution in [0.25, 0.3) is 11.1 Å². The molecule has 0 unspecified atom stereocenters. The molecule has 0 aliphatic heterocycles. The highest BCUT2D eigenvalue weighted by atomic mass is 32.2. The molecule has 1 aliphatic rings. The second-order valence-electron chi connectivity index (χ2n) is 6.24. The summed E-state index contributed by atoms with van der Waals surface area (Å²) in [5.41, 5.74) is 1.06. The number of nitrogens with zero attached hydrogens (tertiary/aromatic N) is 1. The molecule has 2 aromatic rings. The van der Waals surface area contributed by atoms with Gasteiger partial charge in [-0.2, -0.15) is 4.98 Å². The molecule has 1 saturated carbocycles. The van der Waals surface area contributed by atoms with Gasteiger partial charge in [-0.25, -0.2) is 17.5 Å². The lowest BCUT2D eigenvalue weighted by molar-refractivity contribution is 0.334. The predicted molar refractivity (Wildman–Crippen MR) is 90.8 cm³/mol. The van der Waals surface area contributed by atoms with Gasteiger partial charge in [0.05, 0.1) is 5.75 Å². The number of aromatic nitrogens is 1. The molecule has 1 aromatic carbocycles. The third kappa shape index (κ3) is 4.24. The smallest absolute Gasteiger partial charge is 0.295 e. The number of halogens is 1. The maximum atomic E-state index is 13.2. The molecule has 132 valence electrons. The van der Waals surface area contributed by atoms with Crippen LogP contribution in [-0.4, -0.2) is 31.7 Å². The maximum absolute atomic E-state index is 13.2. The summed E-state index contributed by atoms with van der Waals surface area (Å²) in [5.74, 6) is 0.129. The molecule has 0 atom stereocenters. The van der Waals surface area contributed by atoms with E-state index < -0.39 is 10.0 Å². The van der Waals surface area contributed by atoms with Crippen molar-refractivity contribution in [1.29, 1.82) is 0 Å². The second-order valence-corrected chi connectivity index (χ2v) is 8.34. The van der Waals surface area contributed by atoms with Crippen molar-refractivity contribution in [3.05, 3.63) is 24.0 Å². The third-order valence-corrected chi connectivity index (χ3v) is 5.86. The highest BCUT2D eigenvalue weighted by molar-refractivity contribution is 7.89. The summed E-state index contributed by atoms with van der Waals surface area (Å²) in [7, 11) is -3.12. The van der Waals surface area contributed by atoms with Crippen LogP contribution in [0, 0.1) is 11.7 Å². The Kier molecular flexibility index (Phi) is 5.05. The fourth-order valence-electron chi connectivity index (χ4n) is 2.99. The zero-order valence-corrected chi connectivity index (χ0v) is 14.4. The normalized spacial score (nSPS) is 21.9. The molecule has 3 rings (SSSR count). The molecule has 0 bridgehead atoms. The molecule has 1 aromatic heterocycles. The molecule has 24 heavy (non-hydrogen) atoms. The number of oxazole rings is 1. The lowest BCUT2D eigenvalue weighted by Crippen LogP contribution is -2.34. The van der Waals surface area contributed by atoms with E-state index in [-0.39, 0.29) is 17.6 Å². The third-order valence-electron chi connectivity index (χ3n) is 4.50. The van der Waals surface area contributed by atoms with Gasteiger partial charge in [0.25, 0.3) is 6.01 Å². The van der Waals surface area contributed by atoms with E-state index in [0.717, 1.165) is 25.7 Å². The number of fused-ring (bicyclic) bond motifs is 1. The molecule has 0 amide bonds. The summed E-state index contributed by atoms with van der Waals surface area (Å²) in [6.45, 7) is 2.14. The molecule has 2 N–H and O–H groups in total. The van der Waals surface area contributed by atoms with Crippen LogP contribution in [-0.2, 0) is 10.0 Å². The van der Waals surface area contributed by atoms with Gasteiger partial charge in [-0.1, -0.05) is 0 Å². The summed E-state index contributed by atoms with van der Waals surface area (Å²) < 4.78 is 44.3. The van der Waals surface area contributed by atoms with E-state index in [4.69, 9.17) is 4.42 Å². The predicted octanol–water partition coefficient (Wildman–Crippen LogP) is 2.88. The van der Waals surface area contributed by atoms with Gasteiger partial charge < -0.3 is 9.73 Å². The van der Waals surface area contributed by atoms with Crippen molar-refractivity contribution >= 4 is 27.1 Å². The van der Waals surface area contributed by atoms with Gasteiger partial charge in [-0.3, -0.25) is 0 Å². The van der Waals surface area contributed by atoms with Crippen molar-refractivity contribution in [2.24, 2.45) is 5.92 Å². The molecule has 8 heteroatoms. The van der Waals surface area contributed by atoms with Crippen molar-refractivity contribution in [2.75, 3.05) is 17.6 Å². The van der Waals surface area contributed by atoms with Gasteiger partial charge in [-0.15, -0.1) is 0 Å². The average Bonchev–Trinajstić information content (AvgIpc) is 2.95. The molecule has 0 spiro atoms. The Bertz CT molecular complexity index is 798. The van der Waals surface area contributed by atoms with E-state index in [0.29, 0.717) is 29.6 Å². The molecule has 1 fully saturated rings. The Labute approximate surface area is 140 Å². The number of hydrogen-bond acceptors (Lipinski definition) is 5. The SMILES string of the molecule is CCS(=O)(=O)NCC1CCC(Nc2nc3ccc(F)cc3o2)CC1. The standard InChI is InChI=1S/C16H22FN3O3S/c1-2-24(21,22)18-10-11-3-6-13(7-4-11)19-16-20-14-8-5-12(17)9-15(14)23-16/h5,8-9,11,13,18H,2-4,6-7,10H2,1H3,(H,19,20). The molecular weight excluding hydrogens is 333 g/mol. The number of sulfonamides is 1. The van der Waals surface area contributed by atoms with Crippen molar-refractivity contribution < 1.29 is 17.2 Å². The molecular formula is C16H22FN3O3S. The van der Waals surface area contributed by atoms with Gasteiger partial charge in [-0.05, 0) is 50.7 Å². The summed E-state index contributed by atoms with van der Waals surface area (Å²) in [6.07, 6.45) is 3.73. The Balaban J connectivity index is 1.51. The minimum Gasteiger partial charge on any atom is -0.423 e. The minimum atomic E-state index is -3.12. The van der Waals surface area contributed by atoms with Crippen LogP contribution in [0.15, 0.2) is 22.6 Å². The lowest BCUT2D eigenvalue weighted by atomic mass is 9.86. The van der Waals surface area contributed by atoms with Crippen LogP contribution in [0.4, 0.5) is 10.4 Å². The summed E-state index contributed by atoms with van der Waals surface area (Å²) in [4.78, 5) is 4.31. The minimum absolute atomic E-state index is 0.113. The fourth-order valence-corrected chi connectivity index (χ4v) is 3.69. The number of hydrogen-bond donors (Lipinski definition) is 2. The molecule has 6 nitrogen and oxygen atoms in total. The van der Waals surface area contributed by atoms with E-state index in [1.54, 1.807) is 13.0 Å². The largest absolute Gasteiger partial charge is 0.423 e. The average molecular weight is 355 g/mol. The van der Waals surface area contributed by atoms with Crippen LogP contribution in [0.5, 0.6) is 0 Å². The monoisotopic (exact) mass is 355 g/mol. The Morgan fingerprint density at radius 3 is 2.75 bits per heavy atom. The second kappa shape index (κ2) is 7.06. The topological polar surface area (TPSA) is 84.2 Å². The first kappa shape index (κ1) is 17.2. The van der Waals surface area contributed by atoms with Gasteiger partial charge >= 0.3 is 0 Å². The molecule has 0 radical (unpaired) electrons. The van der Waals surface area contributed by atoms with Crippen LogP contribution in [0.2, 0.25) is 0 Å². The summed E-state index contributed by atoms with van der Waals surface area (Å²) >= 11 is 0. The van der Waals surface area contributed by atoms with Crippen molar-refractivity contribution in [3.8, 4) is 0 Å². The van der Waals surface area contributed by atoms with Crippen LogP contribution in [0.1, 0.15) is 32.6 Å². The van der Waals surface area contributed by atoms with Gasteiger partial charge in [0.15, 0.2) is 5.58 Å². The number of nitrogens with one attached hydrogen (secondary N) is 2. The van der Waals surface area contributed by atoms with Gasteiger partial charge in [0.1, 0.15) is 11.3 Å². The quantitative estimate of drug-likeness (QED) is 0.832. The van der Waals surface area contributed by atoms with Crippen molar-refractivity contribution in [2.45, 2.75) is 38.6 Å².